The number of aryl methyl sites for hydroxylation is 1. The van der Waals surface area contributed by atoms with Gasteiger partial charge in [0.25, 0.3) is 0 Å². The topological polar surface area (TPSA) is 30.9 Å². The van der Waals surface area contributed by atoms with Gasteiger partial charge in [0.1, 0.15) is 0 Å². The predicted molar refractivity (Wildman–Crippen MR) is 65.0 cm³/mol. The third-order valence-electron chi connectivity index (χ3n) is 3.16. The summed E-state index contributed by atoms with van der Waals surface area (Å²) in [4.78, 5) is 0. The first kappa shape index (κ1) is 10.2. The molecule has 2 nitrogen and oxygen atoms in total. The Labute approximate surface area is 90.7 Å². The number of rotatable bonds is 2. The molecule has 0 saturated heterocycles. The normalized spacial score (nSPS) is 12.3. The van der Waals surface area contributed by atoms with Gasteiger partial charge >= 0.3 is 0 Å². The summed E-state index contributed by atoms with van der Waals surface area (Å²) >= 11 is 0. The van der Waals surface area contributed by atoms with Crippen LogP contribution in [0, 0.1) is 0 Å². The second-order valence-corrected chi connectivity index (χ2v) is 4.74. The van der Waals surface area contributed by atoms with Crippen molar-refractivity contribution in [2.24, 2.45) is 12.8 Å². The van der Waals surface area contributed by atoms with Gasteiger partial charge in [-0.2, -0.15) is 0 Å². The molecule has 0 atom stereocenters. The molecule has 0 unspecified atom stereocenters. The summed E-state index contributed by atoms with van der Waals surface area (Å²) in [5, 5.41) is 1.29. The van der Waals surface area contributed by atoms with Crippen LogP contribution in [0.1, 0.15) is 19.5 Å². The molecule has 2 N–H and O–H groups in total. The van der Waals surface area contributed by atoms with Gasteiger partial charge in [0.05, 0.1) is 0 Å². The fraction of sp³-hybridized carbons (Fsp3) is 0.385. The van der Waals surface area contributed by atoms with Crippen LogP contribution in [0.25, 0.3) is 10.9 Å². The Bertz CT molecular complexity index is 480. The van der Waals surface area contributed by atoms with Crippen LogP contribution in [0.2, 0.25) is 0 Å². The van der Waals surface area contributed by atoms with Crippen molar-refractivity contribution in [2.45, 2.75) is 19.3 Å². The van der Waals surface area contributed by atoms with Gasteiger partial charge in [-0.15, -0.1) is 0 Å². The van der Waals surface area contributed by atoms with Crippen LogP contribution in [0.15, 0.2) is 30.3 Å². The van der Waals surface area contributed by atoms with E-state index in [1.807, 2.05) is 0 Å². The van der Waals surface area contributed by atoms with Crippen molar-refractivity contribution in [2.75, 3.05) is 6.54 Å². The number of hydrogen-bond donors (Lipinski definition) is 1. The van der Waals surface area contributed by atoms with Gasteiger partial charge in [-0.05, 0) is 17.5 Å². The highest BCUT2D eigenvalue weighted by Crippen LogP contribution is 2.27. The van der Waals surface area contributed by atoms with Crippen LogP contribution < -0.4 is 5.73 Å². The maximum Gasteiger partial charge on any atom is 0.0480 e. The zero-order chi connectivity index (χ0) is 11.1. The largest absolute Gasteiger partial charge is 0.347 e. The highest BCUT2D eigenvalue weighted by atomic mass is 15.0. The number of nitrogens with two attached hydrogens (primary N) is 1. The maximum atomic E-state index is 5.82. The first-order chi connectivity index (χ1) is 7.06. The molecule has 1 aromatic heterocycles. The summed E-state index contributed by atoms with van der Waals surface area (Å²) < 4.78 is 2.24. The van der Waals surface area contributed by atoms with Gasteiger partial charge in [-0.25, -0.2) is 0 Å². The molecule has 2 aromatic rings. The summed E-state index contributed by atoms with van der Waals surface area (Å²) in [7, 11) is 2.11. The number of aromatic nitrogens is 1. The first-order valence-electron chi connectivity index (χ1n) is 5.31. The molecule has 0 spiro atoms. The quantitative estimate of drug-likeness (QED) is 0.796. The maximum absolute atomic E-state index is 5.82. The lowest BCUT2D eigenvalue weighted by Crippen LogP contribution is -2.30. The van der Waals surface area contributed by atoms with Gasteiger partial charge in [-0.3, -0.25) is 0 Å². The molecular formula is C13H18N2. The van der Waals surface area contributed by atoms with E-state index in [0.717, 1.165) is 0 Å². The highest BCUT2D eigenvalue weighted by molar-refractivity contribution is 5.81. The molecule has 2 rings (SSSR count). The molecule has 0 radical (unpaired) electrons. The predicted octanol–water partition coefficient (Wildman–Crippen LogP) is 2.41. The second kappa shape index (κ2) is 3.38. The minimum Gasteiger partial charge on any atom is -0.347 e. The van der Waals surface area contributed by atoms with E-state index < -0.39 is 0 Å². The lowest BCUT2D eigenvalue weighted by molar-refractivity contribution is 0.505. The molecule has 80 valence electrons. The van der Waals surface area contributed by atoms with Crippen molar-refractivity contribution in [3.05, 3.63) is 36.0 Å². The Balaban J connectivity index is 2.68. The van der Waals surface area contributed by atoms with E-state index in [1.54, 1.807) is 0 Å². The second-order valence-electron chi connectivity index (χ2n) is 4.74. The zero-order valence-corrected chi connectivity index (χ0v) is 9.62. The summed E-state index contributed by atoms with van der Waals surface area (Å²) in [5.74, 6) is 0. The molecule has 0 amide bonds. The Morgan fingerprint density at radius 1 is 1.27 bits per heavy atom. The fourth-order valence-electron chi connectivity index (χ4n) is 2.04. The van der Waals surface area contributed by atoms with Crippen LogP contribution in [-0.2, 0) is 12.5 Å². The molecule has 0 aliphatic heterocycles. The van der Waals surface area contributed by atoms with Crippen LogP contribution in [-0.4, -0.2) is 11.1 Å². The Morgan fingerprint density at radius 2 is 1.93 bits per heavy atom. The molecule has 0 saturated carbocycles. The van der Waals surface area contributed by atoms with Crippen LogP contribution in [0.5, 0.6) is 0 Å². The standard InChI is InChI=1S/C13H18N2/c1-13(2,9-14)12-8-10-6-4-5-7-11(10)15(12)3/h4-8H,9,14H2,1-3H3. The van der Waals surface area contributed by atoms with Crippen molar-refractivity contribution >= 4 is 10.9 Å². The monoisotopic (exact) mass is 202 g/mol. The summed E-state index contributed by atoms with van der Waals surface area (Å²) in [6.45, 7) is 5.03. The van der Waals surface area contributed by atoms with E-state index in [1.165, 1.54) is 16.6 Å². The molecule has 0 fully saturated rings. The Kier molecular flexibility index (Phi) is 2.31. The third kappa shape index (κ3) is 1.55. The zero-order valence-electron chi connectivity index (χ0n) is 9.62. The molecule has 1 aromatic carbocycles. The fourth-order valence-corrected chi connectivity index (χ4v) is 2.04. The number of para-hydroxylation sites is 1. The smallest absolute Gasteiger partial charge is 0.0480 e. The SMILES string of the molecule is Cn1c(C(C)(C)CN)cc2ccccc21. The van der Waals surface area contributed by atoms with E-state index in [0.29, 0.717) is 6.54 Å². The molecule has 0 bridgehead atoms. The number of hydrogen-bond acceptors (Lipinski definition) is 1. The summed E-state index contributed by atoms with van der Waals surface area (Å²) in [6.07, 6.45) is 0. The average molecular weight is 202 g/mol. The lowest BCUT2D eigenvalue weighted by atomic mass is 9.89. The molecule has 1 heterocycles. The average Bonchev–Trinajstić information content (AvgIpc) is 2.58. The molecule has 0 aliphatic carbocycles. The van der Waals surface area contributed by atoms with Gasteiger partial charge in [0.15, 0.2) is 0 Å². The van der Waals surface area contributed by atoms with Crippen LogP contribution in [0.4, 0.5) is 0 Å². The van der Waals surface area contributed by atoms with Gasteiger partial charge < -0.3 is 10.3 Å². The summed E-state index contributed by atoms with van der Waals surface area (Å²) in [6, 6.07) is 10.7. The van der Waals surface area contributed by atoms with Gasteiger partial charge in [-0.1, -0.05) is 32.0 Å². The van der Waals surface area contributed by atoms with Crippen molar-refractivity contribution < 1.29 is 0 Å². The molecular weight excluding hydrogens is 184 g/mol. The number of benzene rings is 1. The lowest BCUT2D eigenvalue weighted by Gasteiger charge is -2.23. The van der Waals surface area contributed by atoms with E-state index in [4.69, 9.17) is 5.73 Å². The van der Waals surface area contributed by atoms with Gasteiger partial charge in [0, 0.05) is 30.2 Å². The minimum atomic E-state index is 0.0355. The number of fused-ring (bicyclic) bond motifs is 1. The van der Waals surface area contributed by atoms with Crippen molar-refractivity contribution in [3.8, 4) is 0 Å². The van der Waals surface area contributed by atoms with Crippen LogP contribution in [0.3, 0.4) is 0 Å². The molecule has 15 heavy (non-hydrogen) atoms. The minimum absolute atomic E-state index is 0.0355. The molecule has 2 heteroatoms. The van der Waals surface area contributed by atoms with Crippen molar-refractivity contribution in [1.29, 1.82) is 0 Å². The van der Waals surface area contributed by atoms with E-state index in [2.05, 4.69) is 55.8 Å². The number of nitrogens with zero attached hydrogens (tertiary/aromatic N) is 1. The highest BCUT2D eigenvalue weighted by Gasteiger charge is 2.22. The molecule has 0 aliphatic rings. The Morgan fingerprint density at radius 3 is 2.53 bits per heavy atom. The van der Waals surface area contributed by atoms with E-state index in [-0.39, 0.29) is 5.41 Å². The first-order valence-corrected chi connectivity index (χ1v) is 5.31. The third-order valence-corrected chi connectivity index (χ3v) is 3.16. The van der Waals surface area contributed by atoms with Crippen molar-refractivity contribution in [1.82, 2.24) is 4.57 Å². The van der Waals surface area contributed by atoms with Crippen molar-refractivity contribution in [3.63, 3.8) is 0 Å². The summed E-state index contributed by atoms with van der Waals surface area (Å²) in [5.41, 5.74) is 8.42. The van der Waals surface area contributed by atoms with Crippen LogP contribution >= 0.6 is 0 Å². The van der Waals surface area contributed by atoms with E-state index in [9.17, 15) is 0 Å². The Hall–Kier alpha value is -1.28. The van der Waals surface area contributed by atoms with Gasteiger partial charge in [0.2, 0.25) is 0 Å². The van der Waals surface area contributed by atoms with E-state index >= 15 is 0 Å².